The Labute approximate surface area is 207 Å². The van der Waals surface area contributed by atoms with Crippen molar-refractivity contribution in [1.82, 2.24) is 0 Å². The molecule has 12 heteroatoms. The fourth-order valence-electron chi connectivity index (χ4n) is 3.30. The van der Waals surface area contributed by atoms with Crippen LogP contribution in [0.1, 0.15) is 67.2 Å². The van der Waals surface area contributed by atoms with Crippen LogP contribution < -0.4 is 0 Å². The van der Waals surface area contributed by atoms with Gasteiger partial charge in [-0.1, -0.05) is 0 Å². The van der Waals surface area contributed by atoms with Crippen molar-refractivity contribution in [3.05, 3.63) is 0 Å². The molecule has 0 amide bonds. The molecular formula is C22H46O10Si2. The highest BCUT2D eigenvalue weighted by atomic mass is 28.4. The molecule has 0 fully saturated rings. The first-order valence-electron chi connectivity index (χ1n) is 12.5. The van der Waals surface area contributed by atoms with Gasteiger partial charge in [-0.2, -0.15) is 0 Å². The van der Waals surface area contributed by atoms with Gasteiger partial charge in [-0.15, -0.1) is 0 Å². The summed E-state index contributed by atoms with van der Waals surface area (Å²) in [5, 5.41) is 0. The van der Waals surface area contributed by atoms with Gasteiger partial charge in [-0.25, -0.2) is 0 Å². The highest BCUT2D eigenvalue weighted by Crippen LogP contribution is 2.19. The van der Waals surface area contributed by atoms with Gasteiger partial charge in [0.05, 0.1) is 26.1 Å². The van der Waals surface area contributed by atoms with Crippen LogP contribution in [-0.4, -0.2) is 82.4 Å². The molecular weight excluding hydrogens is 480 g/mol. The third-order valence-electron chi connectivity index (χ3n) is 4.50. The van der Waals surface area contributed by atoms with Crippen LogP contribution in [0.2, 0.25) is 12.1 Å². The highest BCUT2D eigenvalue weighted by molar-refractivity contribution is 6.61. The van der Waals surface area contributed by atoms with Crippen LogP contribution in [0, 0.1) is 0 Å². The topological polar surface area (TPSA) is 108 Å². The van der Waals surface area contributed by atoms with Crippen molar-refractivity contribution in [2.45, 2.75) is 79.3 Å². The van der Waals surface area contributed by atoms with Crippen molar-refractivity contribution in [3.8, 4) is 0 Å². The minimum absolute atomic E-state index is 0.0285. The van der Waals surface area contributed by atoms with Crippen molar-refractivity contribution < 1.29 is 45.6 Å². The normalized spacial score (nSPS) is 12.1. The molecule has 0 rings (SSSR count). The number of carbonyl (C=O) groups is 2. The second kappa shape index (κ2) is 20.3. The molecule has 0 saturated heterocycles. The van der Waals surface area contributed by atoms with Gasteiger partial charge >= 0.3 is 29.5 Å². The van der Waals surface area contributed by atoms with E-state index in [1.807, 2.05) is 41.5 Å². The Hall–Kier alpha value is -0.866. The van der Waals surface area contributed by atoms with Gasteiger partial charge in [0.25, 0.3) is 0 Å². The summed E-state index contributed by atoms with van der Waals surface area (Å²) in [4.78, 5) is 23.9. The molecule has 0 bridgehead atoms. The van der Waals surface area contributed by atoms with Crippen LogP contribution in [0.5, 0.6) is 0 Å². The summed E-state index contributed by atoms with van der Waals surface area (Å²) in [6.45, 7) is 14.8. The van der Waals surface area contributed by atoms with Crippen molar-refractivity contribution in [2.75, 3.05) is 52.9 Å². The van der Waals surface area contributed by atoms with E-state index in [2.05, 4.69) is 0 Å². The molecule has 0 N–H and O–H groups in total. The Bertz CT molecular complexity index is 456. The lowest BCUT2D eigenvalue weighted by molar-refractivity contribution is -0.150. The van der Waals surface area contributed by atoms with E-state index in [1.54, 1.807) is 0 Å². The first-order valence-corrected chi connectivity index (χ1v) is 16.4. The summed E-state index contributed by atoms with van der Waals surface area (Å²) < 4.78 is 45.1. The minimum atomic E-state index is -2.74. The second-order valence-electron chi connectivity index (χ2n) is 7.11. The summed E-state index contributed by atoms with van der Waals surface area (Å²) >= 11 is 0. The zero-order chi connectivity index (χ0) is 25.7. The van der Waals surface area contributed by atoms with Crippen LogP contribution in [0.4, 0.5) is 0 Å². The molecule has 0 atom stereocenters. The molecule has 0 radical (unpaired) electrons. The fourth-order valence-corrected chi connectivity index (χ4v) is 8.46. The van der Waals surface area contributed by atoms with E-state index in [-0.39, 0.29) is 26.1 Å². The molecule has 0 heterocycles. The summed E-state index contributed by atoms with van der Waals surface area (Å²) in [6.07, 6.45) is 1.07. The van der Waals surface area contributed by atoms with E-state index in [0.29, 0.717) is 64.6 Å². The molecule has 0 aliphatic carbocycles. The van der Waals surface area contributed by atoms with Crippen LogP contribution in [0.3, 0.4) is 0 Å². The molecule has 0 spiro atoms. The monoisotopic (exact) mass is 526 g/mol. The molecule has 0 saturated carbocycles. The van der Waals surface area contributed by atoms with Gasteiger partial charge in [0.1, 0.15) is 0 Å². The molecule has 0 unspecified atom stereocenters. The lowest BCUT2D eigenvalue weighted by Crippen LogP contribution is -2.46. The summed E-state index contributed by atoms with van der Waals surface area (Å²) in [5.74, 6) is -0.882. The second-order valence-corrected chi connectivity index (χ2v) is 12.6. The van der Waals surface area contributed by atoms with Crippen molar-refractivity contribution >= 4 is 29.5 Å². The van der Waals surface area contributed by atoms with E-state index in [1.165, 1.54) is 0 Å². The zero-order valence-corrected chi connectivity index (χ0v) is 24.0. The van der Waals surface area contributed by atoms with Gasteiger partial charge in [-0.3, -0.25) is 9.59 Å². The predicted octanol–water partition coefficient (Wildman–Crippen LogP) is 3.73. The van der Waals surface area contributed by atoms with E-state index >= 15 is 0 Å². The van der Waals surface area contributed by atoms with Gasteiger partial charge in [0.2, 0.25) is 0 Å². The number of hydrogen-bond acceptors (Lipinski definition) is 10. The Morgan fingerprint density at radius 2 is 0.765 bits per heavy atom. The average Bonchev–Trinajstić information content (AvgIpc) is 2.79. The van der Waals surface area contributed by atoms with Crippen molar-refractivity contribution in [2.24, 2.45) is 0 Å². The Morgan fingerprint density at radius 1 is 0.500 bits per heavy atom. The van der Waals surface area contributed by atoms with Gasteiger partial charge < -0.3 is 36.0 Å². The summed E-state index contributed by atoms with van der Waals surface area (Å²) in [7, 11) is -5.48. The Balaban J connectivity index is 4.22. The van der Waals surface area contributed by atoms with Crippen LogP contribution >= 0.6 is 0 Å². The molecule has 0 aromatic rings. The standard InChI is InChI=1S/C22H46O10Si2/c1-7-27-33(28-8-2,29-9-3)19-13-17-25-21(23)15-16-22(24)26-18-14-20-34(30-10-4,31-11-5)32-12-6/h7-20H2,1-6H3. The Morgan fingerprint density at radius 3 is 1.00 bits per heavy atom. The molecule has 202 valence electrons. The largest absolute Gasteiger partial charge is 0.501 e. The number of hydrogen-bond donors (Lipinski definition) is 0. The number of rotatable bonds is 23. The smallest absolute Gasteiger partial charge is 0.466 e. The summed E-state index contributed by atoms with van der Waals surface area (Å²) in [6, 6.07) is 1.13. The SMILES string of the molecule is CCO[Si](CCCOC(=O)CCC(=O)OCCC[Si](OCC)(OCC)OCC)(OCC)OCC. The van der Waals surface area contributed by atoms with Crippen LogP contribution in [0.15, 0.2) is 0 Å². The number of carbonyl (C=O) groups excluding carboxylic acids is 2. The zero-order valence-electron chi connectivity index (χ0n) is 22.0. The van der Waals surface area contributed by atoms with Crippen LogP contribution in [-0.2, 0) is 45.6 Å². The van der Waals surface area contributed by atoms with Gasteiger partial charge in [0, 0.05) is 51.7 Å². The third-order valence-corrected chi connectivity index (χ3v) is 10.8. The van der Waals surface area contributed by atoms with Gasteiger partial charge in [0.15, 0.2) is 0 Å². The van der Waals surface area contributed by atoms with E-state index in [9.17, 15) is 9.59 Å². The van der Waals surface area contributed by atoms with Crippen LogP contribution in [0.25, 0.3) is 0 Å². The lowest BCUT2D eigenvalue weighted by atomic mass is 10.3. The lowest BCUT2D eigenvalue weighted by Gasteiger charge is -2.28. The molecule has 0 aromatic heterocycles. The molecule has 0 aliphatic heterocycles. The fraction of sp³-hybridized carbons (Fsp3) is 0.909. The molecule has 0 aromatic carbocycles. The van der Waals surface area contributed by atoms with Crippen molar-refractivity contribution in [3.63, 3.8) is 0 Å². The van der Waals surface area contributed by atoms with Gasteiger partial charge in [-0.05, 0) is 54.4 Å². The quantitative estimate of drug-likeness (QED) is 0.111. The first-order chi connectivity index (χ1) is 16.4. The number of ether oxygens (including phenoxy) is 2. The van der Waals surface area contributed by atoms with E-state index in [0.717, 1.165) is 0 Å². The summed E-state index contributed by atoms with van der Waals surface area (Å²) in [5.41, 5.74) is 0. The highest BCUT2D eigenvalue weighted by Gasteiger charge is 2.40. The average molecular weight is 527 g/mol. The van der Waals surface area contributed by atoms with E-state index < -0.39 is 29.5 Å². The maximum Gasteiger partial charge on any atom is 0.501 e. The minimum Gasteiger partial charge on any atom is -0.466 e. The maximum atomic E-state index is 12.0. The predicted molar refractivity (Wildman–Crippen MR) is 131 cm³/mol. The molecule has 10 nitrogen and oxygen atoms in total. The van der Waals surface area contributed by atoms with Crippen molar-refractivity contribution in [1.29, 1.82) is 0 Å². The molecule has 34 heavy (non-hydrogen) atoms. The number of esters is 2. The first kappa shape index (κ1) is 33.1. The Kier molecular flexibility index (Phi) is 19.8. The van der Waals surface area contributed by atoms with E-state index in [4.69, 9.17) is 36.0 Å². The maximum absolute atomic E-state index is 12.0. The third kappa shape index (κ3) is 14.5. The molecule has 0 aliphatic rings.